The zero-order valence-electron chi connectivity index (χ0n) is 13.1. The standard InChI is InChI=1S/C18H18N4O/c1-13-5-3-6-14(2)17(13)21-12-16(9-19)18(23)22-11-15-7-4-8-20-10-15/h3-8,10,12,21H,11H2,1-2H3,(H,22,23)/b16-12-. The van der Waals surface area contributed by atoms with Gasteiger partial charge in [0.15, 0.2) is 0 Å². The molecular formula is C18H18N4O. The first-order valence-corrected chi connectivity index (χ1v) is 7.22. The van der Waals surface area contributed by atoms with Crippen LogP contribution < -0.4 is 10.6 Å². The van der Waals surface area contributed by atoms with Crippen molar-refractivity contribution >= 4 is 11.6 Å². The minimum atomic E-state index is -0.421. The highest BCUT2D eigenvalue weighted by atomic mass is 16.1. The van der Waals surface area contributed by atoms with Crippen molar-refractivity contribution in [2.24, 2.45) is 0 Å². The molecule has 116 valence electrons. The van der Waals surface area contributed by atoms with E-state index in [0.717, 1.165) is 22.4 Å². The number of pyridine rings is 1. The lowest BCUT2D eigenvalue weighted by Crippen LogP contribution is -2.24. The monoisotopic (exact) mass is 306 g/mol. The fraction of sp³-hybridized carbons (Fsp3) is 0.167. The van der Waals surface area contributed by atoms with Crippen molar-refractivity contribution in [2.45, 2.75) is 20.4 Å². The number of nitriles is 1. The number of carbonyl (C=O) groups excluding carboxylic acids is 1. The molecule has 23 heavy (non-hydrogen) atoms. The number of aromatic nitrogens is 1. The lowest BCUT2D eigenvalue weighted by atomic mass is 10.1. The fourth-order valence-corrected chi connectivity index (χ4v) is 2.12. The summed E-state index contributed by atoms with van der Waals surface area (Å²) in [5.74, 6) is -0.421. The molecule has 0 atom stereocenters. The maximum Gasteiger partial charge on any atom is 0.263 e. The second-order valence-electron chi connectivity index (χ2n) is 5.12. The van der Waals surface area contributed by atoms with Gasteiger partial charge in [0.25, 0.3) is 5.91 Å². The normalized spacial score (nSPS) is 10.7. The van der Waals surface area contributed by atoms with E-state index < -0.39 is 5.91 Å². The molecule has 1 amide bonds. The van der Waals surface area contributed by atoms with Gasteiger partial charge < -0.3 is 10.6 Å². The van der Waals surface area contributed by atoms with Gasteiger partial charge >= 0.3 is 0 Å². The molecule has 0 saturated heterocycles. The highest BCUT2D eigenvalue weighted by molar-refractivity contribution is 5.97. The van der Waals surface area contributed by atoms with Crippen molar-refractivity contribution in [1.29, 1.82) is 5.26 Å². The van der Waals surface area contributed by atoms with Gasteiger partial charge in [-0.3, -0.25) is 9.78 Å². The Labute approximate surface area is 135 Å². The molecular weight excluding hydrogens is 288 g/mol. The van der Waals surface area contributed by atoms with Crippen molar-refractivity contribution in [3.05, 3.63) is 71.2 Å². The maximum atomic E-state index is 12.1. The van der Waals surface area contributed by atoms with Crippen molar-refractivity contribution < 1.29 is 4.79 Å². The summed E-state index contributed by atoms with van der Waals surface area (Å²) in [5.41, 5.74) is 3.90. The van der Waals surface area contributed by atoms with Crippen LogP contribution in [0, 0.1) is 25.2 Å². The number of rotatable bonds is 5. The Morgan fingerprint density at radius 3 is 2.61 bits per heavy atom. The number of carbonyl (C=O) groups is 1. The van der Waals surface area contributed by atoms with Crippen LogP contribution in [0.3, 0.4) is 0 Å². The third kappa shape index (κ3) is 4.42. The lowest BCUT2D eigenvalue weighted by Gasteiger charge is -2.10. The molecule has 0 aliphatic heterocycles. The first-order valence-electron chi connectivity index (χ1n) is 7.22. The number of hydrogen-bond donors (Lipinski definition) is 2. The number of nitrogens with one attached hydrogen (secondary N) is 2. The van der Waals surface area contributed by atoms with Gasteiger partial charge in [0, 0.05) is 30.8 Å². The number of hydrogen-bond acceptors (Lipinski definition) is 4. The first-order chi connectivity index (χ1) is 11.1. The summed E-state index contributed by atoms with van der Waals surface area (Å²) >= 11 is 0. The molecule has 0 spiro atoms. The predicted octanol–water partition coefficient (Wildman–Crippen LogP) is 2.83. The van der Waals surface area contributed by atoms with Crippen molar-refractivity contribution in [1.82, 2.24) is 10.3 Å². The molecule has 0 fully saturated rings. The summed E-state index contributed by atoms with van der Waals surface area (Å²) < 4.78 is 0. The van der Waals surface area contributed by atoms with E-state index in [1.165, 1.54) is 6.20 Å². The molecule has 5 heteroatoms. The molecule has 1 aromatic heterocycles. The Kier molecular flexibility index (Phi) is 5.48. The highest BCUT2D eigenvalue weighted by Crippen LogP contribution is 2.19. The van der Waals surface area contributed by atoms with Crippen LogP contribution in [0.5, 0.6) is 0 Å². The summed E-state index contributed by atoms with van der Waals surface area (Å²) in [6, 6.07) is 11.5. The molecule has 5 nitrogen and oxygen atoms in total. The van der Waals surface area contributed by atoms with Gasteiger partial charge in [0.2, 0.25) is 0 Å². The van der Waals surface area contributed by atoms with Crippen molar-refractivity contribution in [3.8, 4) is 6.07 Å². The second kappa shape index (κ2) is 7.76. The zero-order valence-corrected chi connectivity index (χ0v) is 13.1. The predicted molar refractivity (Wildman–Crippen MR) is 89.3 cm³/mol. The summed E-state index contributed by atoms with van der Waals surface area (Å²) in [5, 5.41) is 14.9. The van der Waals surface area contributed by atoms with E-state index in [-0.39, 0.29) is 5.57 Å². The second-order valence-corrected chi connectivity index (χ2v) is 5.12. The van der Waals surface area contributed by atoms with Crippen LogP contribution in [0.2, 0.25) is 0 Å². The maximum absolute atomic E-state index is 12.1. The van der Waals surface area contributed by atoms with E-state index in [4.69, 9.17) is 0 Å². The fourth-order valence-electron chi connectivity index (χ4n) is 2.12. The Bertz CT molecular complexity index is 740. The Balaban J connectivity index is 2.04. The van der Waals surface area contributed by atoms with Crippen LogP contribution in [0.25, 0.3) is 0 Å². The van der Waals surface area contributed by atoms with Crippen LogP contribution in [-0.4, -0.2) is 10.9 Å². The molecule has 1 heterocycles. The van der Waals surface area contributed by atoms with Gasteiger partial charge in [-0.05, 0) is 36.6 Å². The molecule has 0 radical (unpaired) electrons. The van der Waals surface area contributed by atoms with Gasteiger partial charge in [0.1, 0.15) is 11.6 Å². The average molecular weight is 306 g/mol. The zero-order chi connectivity index (χ0) is 16.7. The number of amides is 1. The minimum Gasteiger partial charge on any atom is -0.360 e. The van der Waals surface area contributed by atoms with E-state index in [9.17, 15) is 10.1 Å². The van der Waals surface area contributed by atoms with Gasteiger partial charge in [0.05, 0.1) is 0 Å². The molecule has 2 N–H and O–H groups in total. The Hall–Kier alpha value is -3.13. The van der Waals surface area contributed by atoms with Crippen molar-refractivity contribution in [3.63, 3.8) is 0 Å². The van der Waals surface area contributed by atoms with Gasteiger partial charge in [-0.2, -0.15) is 5.26 Å². The van der Waals surface area contributed by atoms with Gasteiger partial charge in [-0.15, -0.1) is 0 Å². The first kappa shape index (κ1) is 16.2. The SMILES string of the molecule is Cc1cccc(C)c1N/C=C(/C#N)C(=O)NCc1cccnc1. The molecule has 0 unspecified atom stereocenters. The van der Waals surface area contributed by atoms with E-state index in [1.54, 1.807) is 18.5 Å². The summed E-state index contributed by atoms with van der Waals surface area (Å²) in [4.78, 5) is 16.1. The third-order valence-electron chi connectivity index (χ3n) is 3.38. The number of anilines is 1. The van der Waals surface area contributed by atoms with Crippen LogP contribution in [0.1, 0.15) is 16.7 Å². The number of benzene rings is 1. The Morgan fingerprint density at radius 2 is 2.00 bits per heavy atom. The molecule has 0 saturated carbocycles. The Morgan fingerprint density at radius 1 is 1.26 bits per heavy atom. The number of aryl methyl sites for hydroxylation is 2. The van der Waals surface area contributed by atoms with E-state index in [2.05, 4.69) is 15.6 Å². The van der Waals surface area contributed by atoms with E-state index >= 15 is 0 Å². The van der Waals surface area contributed by atoms with Gasteiger partial charge in [-0.25, -0.2) is 0 Å². The topological polar surface area (TPSA) is 77.8 Å². The molecule has 2 rings (SSSR count). The quantitative estimate of drug-likeness (QED) is 0.658. The van der Waals surface area contributed by atoms with E-state index in [0.29, 0.717) is 6.54 Å². The molecule has 0 bridgehead atoms. The largest absolute Gasteiger partial charge is 0.360 e. The molecule has 2 aromatic rings. The highest BCUT2D eigenvalue weighted by Gasteiger charge is 2.09. The minimum absolute atomic E-state index is 0.0246. The molecule has 0 aliphatic carbocycles. The van der Waals surface area contributed by atoms with Crippen LogP contribution in [0.15, 0.2) is 54.5 Å². The summed E-state index contributed by atoms with van der Waals surface area (Å²) in [6.45, 7) is 4.27. The molecule has 0 aliphatic rings. The summed E-state index contributed by atoms with van der Waals surface area (Å²) in [6.07, 6.45) is 4.78. The third-order valence-corrected chi connectivity index (χ3v) is 3.38. The van der Waals surface area contributed by atoms with Crippen LogP contribution in [-0.2, 0) is 11.3 Å². The summed E-state index contributed by atoms with van der Waals surface area (Å²) in [7, 11) is 0. The smallest absolute Gasteiger partial charge is 0.263 e. The lowest BCUT2D eigenvalue weighted by molar-refractivity contribution is -0.117. The van der Waals surface area contributed by atoms with Crippen LogP contribution in [0.4, 0.5) is 5.69 Å². The average Bonchev–Trinajstić information content (AvgIpc) is 2.56. The van der Waals surface area contributed by atoms with E-state index in [1.807, 2.05) is 44.2 Å². The van der Waals surface area contributed by atoms with Gasteiger partial charge in [-0.1, -0.05) is 24.3 Å². The van der Waals surface area contributed by atoms with Crippen molar-refractivity contribution in [2.75, 3.05) is 5.32 Å². The number of nitrogens with zero attached hydrogens (tertiary/aromatic N) is 2. The molecule has 1 aromatic carbocycles. The number of para-hydroxylation sites is 1. The van der Waals surface area contributed by atoms with Crippen LogP contribution >= 0.6 is 0 Å².